The molecule has 0 aliphatic heterocycles. The fourth-order valence-corrected chi connectivity index (χ4v) is 2.74. The van der Waals surface area contributed by atoms with Crippen molar-refractivity contribution in [1.82, 2.24) is 9.97 Å². The number of hydrogen-bond acceptors (Lipinski definition) is 5. The van der Waals surface area contributed by atoms with Gasteiger partial charge in [-0.2, -0.15) is 11.8 Å². The Morgan fingerprint density at radius 1 is 1.24 bits per heavy atom. The molecule has 0 aliphatic rings. The van der Waals surface area contributed by atoms with Crippen LogP contribution in [0.4, 0.5) is 11.6 Å². The lowest BCUT2D eigenvalue weighted by Crippen LogP contribution is -2.31. The molecule has 2 aromatic rings. The van der Waals surface area contributed by atoms with Crippen molar-refractivity contribution in [3.63, 3.8) is 0 Å². The summed E-state index contributed by atoms with van der Waals surface area (Å²) in [6.07, 6.45) is 2.12. The van der Waals surface area contributed by atoms with E-state index in [2.05, 4.69) is 35.4 Å². The predicted molar refractivity (Wildman–Crippen MR) is 93.3 cm³/mol. The van der Waals surface area contributed by atoms with Crippen LogP contribution in [0.15, 0.2) is 36.4 Å². The first kappa shape index (κ1) is 15.6. The van der Waals surface area contributed by atoms with Crippen molar-refractivity contribution in [2.75, 3.05) is 36.3 Å². The molecule has 0 saturated heterocycles. The summed E-state index contributed by atoms with van der Waals surface area (Å²) in [5.74, 6) is 3.59. The van der Waals surface area contributed by atoms with Crippen LogP contribution in [0.25, 0.3) is 11.4 Å². The van der Waals surface area contributed by atoms with Gasteiger partial charge in [-0.1, -0.05) is 30.3 Å². The van der Waals surface area contributed by atoms with Gasteiger partial charge in [-0.25, -0.2) is 9.97 Å². The van der Waals surface area contributed by atoms with Crippen LogP contribution >= 0.6 is 11.8 Å². The first-order valence-electron chi connectivity index (χ1n) is 6.99. The lowest BCUT2D eigenvalue weighted by molar-refractivity contribution is 0.752. The zero-order chi connectivity index (χ0) is 15.2. The lowest BCUT2D eigenvalue weighted by atomic mass is 10.2. The van der Waals surface area contributed by atoms with Gasteiger partial charge in [-0.15, -0.1) is 0 Å². The number of nitrogens with one attached hydrogen (secondary N) is 1. The molecule has 21 heavy (non-hydrogen) atoms. The normalized spacial score (nSPS) is 12.0. The summed E-state index contributed by atoms with van der Waals surface area (Å²) in [5, 5.41) is 3.12. The third-order valence-corrected chi connectivity index (χ3v) is 4.25. The molecule has 0 bridgehead atoms. The van der Waals surface area contributed by atoms with Crippen molar-refractivity contribution in [3.8, 4) is 11.4 Å². The molecule has 4 nitrogen and oxygen atoms in total. The molecular weight excluding hydrogens is 280 g/mol. The molecule has 5 heteroatoms. The Morgan fingerprint density at radius 3 is 2.57 bits per heavy atom. The second kappa shape index (κ2) is 7.31. The van der Waals surface area contributed by atoms with Crippen molar-refractivity contribution in [1.29, 1.82) is 0 Å². The molecule has 0 amide bonds. The molecule has 1 atom stereocenters. The van der Waals surface area contributed by atoms with Crippen LogP contribution in [-0.4, -0.2) is 42.1 Å². The van der Waals surface area contributed by atoms with Crippen molar-refractivity contribution in [2.24, 2.45) is 0 Å². The minimum Gasteiger partial charge on any atom is -0.373 e. The molecule has 1 heterocycles. The summed E-state index contributed by atoms with van der Waals surface area (Å²) in [4.78, 5) is 11.5. The van der Waals surface area contributed by atoms with E-state index in [-0.39, 0.29) is 0 Å². The molecule has 1 aromatic heterocycles. The number of thioether (sulfide) groups is 1. The molecule has 1 aromatic carbocycles. The van der Waals surface area contributed by atoms with Gasteiger partial charge in [-0.3, -0.25) is 0 Å². The Bertz CT molecular complexity index is 574. The van der Waals surface area contributed by atoms with E-state index < -0.39 is 0 Å². The van der Waals surface area contributed by atoms with Gasteiger partial charge >= 0.3 is 0 Å². The maximum Gasteiger partial charge on any atom is 0.163 e. The average Bonchev–Trinajstić information content (AvgIpc) is 2.54. The van der Waals surface area contributed by atoms with Crippen molar-refractivity contribution >= 4 is 23.4 Å². The maximum absolute atomic E-state index is 4.72. The predicted octanol–water partition coefficient (Wildman–Crippen LogP) is 3.37. The number of anilines is 2. The summed E-state index contributed by atoms with van der Waals surface area (Å²) in [6, 6.07) is 12.5. The third-order valence-electron chi connectivity index (χ3n) is 3.43. The number of nitrogens with zero attached hydrogens (tertiary/aromatic N) is 3. The standard InChI is InChI=1S/C16H22N4S/c1-12(11-21-4)20(3)15-10-14(17-2)18-16(19-15)13-8-6-5-7-9-13/h5-10,12H,11H2,1-4H3,(H,17,18,19). The smallest absolute Gasteiger partial charge is 0.163 e. The van der Waals surface area contributed by atoms with Crippen molar-refractivity contribution in [2.45, 2.75) is 13.0 Å². The molecule has 0 radical (unpaired) electrons. The molecule has 112 valence electrons. The Hall–Kier alpha value is -1.75. The van der Waals surface area contributed by atoms with Crippen LogP contribution in [0, 0.1) is 0 Å². The quantitative estimate of drug-likeness (QED) is 0.886. The second-order valence-electron chi connectivity index (χ2n) is 4.97. The van der Waals surface area contributed by atoms with Gasteiger partial charge in [0.2, 0.25) is 0 Å². The Labute approximate surface area is 131 Å². The van der Waals surface area contributed by atoms with Crippen LogP contribution < -0.4 is 10.2 Å². The molecule has 0 fully saturated rings. The highest BCUT2D eigenvalue weighted by Crippen LogP contribution is 2.23. The largest absolute Gasteiger partial charge is 0.373 e. The lowest BCUT2D eigenvalue weighted by Gasteiger charge is -2.26. The monoisotopic (exact) mass is 302 g/mol. The Morgan fingerprint density at radius 2 is 1.95 bits per heavy atom. The zero-order valence-electron chi connectivity index (χ0n) is 13.0. The molecule has 0 spiro atoms. The van der Waals surface area contributed by atoms with E-state index in [0.29, 0.717) is 6.04 Å². The van der Waals surface area contributed by atoms with E-state index in [9.17, 15) is 0 Å². The van der Waals surface area contributed by atoms with Gasteiger partial charge in [0.05, 0.1) is 0 Å². The SMILES string of the molecule is CNc1cc(N(C)C(C)CSC)nc(-c2ccccc2)n1. The van der Waals surface area contributed by atoms with E-state index in [1.54, 1.807) is 0 Å². The summed E-state index contributed by atoms with van der Waals surface area (Å²) < 4.78 is 0. The zero-order valence-corrected chi connectivity index (χ0v) is 13.8. The highest BCUT2D eigenvalue weighted by atomic mass is 32.2. The van der Waals surface area contributed by atoms with Gasteiger partial charge < -0.3 is 10.2 Å². The highest BCUT2D eigenvalue weighted by Gasteiger charge is 2.14. The number of rotatable bonds is 6. The second-order valence-corrected chi connectivity index (χ2v) is 5.88. The minimum absolute atomic E-state index is 0.420. The number of benzene rings is 1. The van der Waals surface area contributed by atoms with Crippen LogP contribution in [0.1, 0.15) is 6.92 Å². The molecule has 0 aliphatic carbocycles. The van der Waals surface area contributed by atoms with E-state index in [0.717, 1.165) is 28.8 Å². The van der Waals surface area contributed by atoms with Crippen LogP contribution in [0.3, 0.4) is 0 Å². The van der Waals surface area contributed by atoms with E-state index in [1.807, 2.05) is 55.2 Å². The Balaban J connectivity index is 2.38. The van der Waals surface area contributed by atoms with Crippen LogP contribution in [0.5, 0.6) is 0 Å². The number of hydrogen-bond donors (Lipinski definition) is 1. The Kier molecular flexibility index (Phi) is 5.44. The molecular formula is C16H22N4S. The minimum atomic E-state index is 0.420. The van der Waals surface area contributed by atoms with Gasteiger partial charge in [0.15, 0.2) is 5.82 Å². The van der Waals surface area contributed by atoms with Gasteiger partial charge in [0, 0.05) is 37.5 Å². The van der Waals surface area contributed by atoms with Gasteiger partial charge in [0.25, 0.3) is 0 Å². The maximum atomic E-state index is 4.72. The van der Waals surface area contributed by atoms with E-state index in [4.69, 9.17) is 4.98 Å². The van der Waals surface area contributed by atoms with Gasteiger partial charge in [-0.05, 0) is 13.2 Å². The first-order valence-corrected chi connectivity index (χ1v) is 8.39. The summed E-state index contributed by atoms with van der Waals surface area (Å²) in [6.45, 7) is 2.21. The molecule has 1 unspecified atom stereocenters. The average molecular weight is 302 g/mol. The van der Waals surface area contributed by atoms with Crippen LogP contribution in [0.2, 0.25) is 0 Å². The summed E-state index contributed by atoms with van der Waals surface area (Å²) in [5.41, 5.74) is 1.03. The summed E-state index contributed by atoms with van der Waals surface area (Å²) >= 11 is 1.84. The van der Waals surface area contributed by atoms with Crippen molar-refractivity contribution < 1.29 is 0 Å². The molecule has 1 N–H and O–H groups in total. The third kappa shape index (κ3) is 3.88. The first-order chi connectivity index (χ1) is 10.2. The van der Waals surface area contributed by atoms with E-state index in [1.165, 1.54) is 0 Å². The highest BCUT2D eigenvalue weighted by molar-refractivity contribution is 7.98. The van der Waals surface area contributed by atoms with E-state index >= 15 is 0 Å². The summed E-state index contributed by atoms with van der Waals surface area (Å²) in [7, 11) is 3.96. The molecule has 0 saturated carbocycles. The fraction of sp³-hybridized carbons (Fsp3) is 0.375. The van der Waals surface area contributed by atoms with Crippen LogP contribution in [-0.2, 0) is 0 Å². The molecule has 2 rings (SSSR count). The fourth-order valence-electron chi connectivity index (χ4n) is 2.04. The topological polar surface area (TPSA) is 41.0 Å². The number of aromatic nitrogens is 2. The van der Waals surface area contributed by atoms with Crippen molar-refractivity contribution in [3.05, 3.63) is 36.4 Å². The van der Waals surface area contributed by atoms with Gasteiger partial charge in [0.1, 0.15) is 11.6 Å².